The smallest absolute Gasteiger partial charge is 0.409 e. The van der Waals surface area contributed by atoms with Crippen molar-refractivity contribution in [1.29, 1.82) is 0 Å². The van der Waals surface area contributed by atoms with E-state index in [2.05, 4.69) is 10.1 Å². The molecule has 1 aliphatic rings. The molecule has 1 fully saturated rings. The summed E-state index contributed by atoms with van der Waals surface area (Å²) in [5.74, 6) is 1.02. The Morgan fingerprint density at radius 3 is 2.38 bits per heavy atom. The van der Waals surface area contributed by atoms with E-state index in [0.29, 0.717) is 55.6 Å². The van der Waals surface area contributed by atoms with Crippen molar-refractivity contribution < 1.29 is 23.8 Å². The Morgan fingerprint density at radius 2 is 1.69 bits per heavy atom. The first-order valence-corrected chi connectivity index (χ1v) is 10.3. The summed E-state index contributed by atoms with van der Waals surface area (Å²) < 4.78 is 17.4. The molecule has 0 spiro atoms. The molecule has 0 bridgehead atoms. The Balaban J connectivity index is 1.57. The predicted molar refractivity (Wildman–Crippen MR) is 116 cm³/mol. The molecule has 2 aromatic heterocycles. The Hall–Kier alpha value is -3.82. The number of methoxy groups -OCH3 is 2. The van der Waals surface area contributed by atoms with Gasteiger partial charge in [0, 0.05) is 44.0 Å². The van der Waals surface area contributed by atoms with Crippen molar-refractivity contribution in [3.05, 3.63) is 42.2 Å². The third-order valence-electron chi connectivity index (χ3n) is 5.35. The molecule has 1 aliphatic heterocycles. The average molecular weight is 439 g/mol. The van der Waals surface area contributed by atoms with Crippen LogP contribution in [0.5, 0.6) is 11.5 Å². The minimum absolute atomic E-state index is 0.197. The summed E-state index contributed by atoms with van der Waals surface area (Å²) >= 11 is 0. The summed E-state index contributed by atoms with van der Waals surface area (Å²) in [5.41, 5.74) is 2.48. The summed E-state index contributed by atoms with van der Waals surface area (Å²) in [6.45, 7) is 3.78. The summed E-state index contributed by atoms with van der Waals surface area (Å²) in [7, 11) is 3.16. The highest BCUT2D eigenvalue weighted by Crippen LogP contribution is 2.32. The first-order chi connectivity index (χ1) is 15.5. The number of aromatic nitrogens is 3. The zero-order valence-corrected chi connectivity index (χ0v) is 18.3. The molecule has 0 radical (unpaired) electrons. The second-order valence-corrected chi connectivity index (χ2v) is 7.18. The van der Waals surface area contributed by atoms with Gasteiger partial charge >= 0.3 is 6.09 Å². The lowest BCUT2D eigenvalue weighted by Crippen LogP contribution is -2.50. The second kappa shape index (κ2) is 9.13. The van der Waals surface area contributed by atoms with Crippen LogP contribution in [0.3, 0.4) is 0 Å². The van der Waals surface area contributed by atoms with E-state index in [9.17, 15) is 9.59 Å². The summed E-state index contributed by atoms with van der Waals surface area (Å²) in [6, 6.07) is 9.07. The highest BCUT2D eigenvalue weighted by atomic mass is 16.6. The van der Waals surface area contributed by atoms with Crippen molar-refractivity contribution in [1.82, 2.24) is 24.4 Å². The SMILES string of the molecule is CCOC(=O)N1CCN(C(=O)c2cc3nccc(-c4ccc(OC)c(OC)c4)n3n2)CC1. The van der Waals surface area contributed by atoms with E-state index in [-0.39, 0.29) is 12.0 Å². The van der Waals surface area contributed by atoms with Gasteiger partial charge in [0.1, 0.15) is 0 Å². The number of piperazine rings is 1. The number of benzene rings is 1. The third-order valence-corrected chi connectivity index (χ3v) is 5.35. The zero-order valence-electron chi connectivity index (χ0n) is 18.3. The number of rotatable bonds is 5. The van der Waals surface area contributed by atoms with E-state index in [1.54, 1.807) is 47.7 Å². The third kappa shape index (κ3) is 4.03. The van der Waals surface area contributed by atoms with Crippen LogP contribution in [0, 0.1) is 0 Å². The fourth-order valence-corrected chi connectivity index (χ4v) is 3.68. The van der Waals surface area contributed by atoms with Crippen LogP contribution in [-0.2, 0) is 4.74 Å². The van der Waals surface area contributed by atoms with E-state index in [0.717, 1.165) is 11.3 Å². The van der Waals surface area contributed by atoms with Crippen molar-refractivity contribution in [2.75, 3.05) is 47.0 Å². The lowest BCUT2D eigenvalue weighted by molar-refractivity contribution is 0.0565. The number of fused-ring (bicyclic) bond motifs is 1. The van der Waals surface area contributed by atoms with Crippen LogP contribution in [0.1, 0.15) is 17.4 Å². The number of hydrogen-bond donors (Lipinski definition) is 0. The van der Waals surface area contributed by atoms with Gasteiger partial charge in [-0.05, 0) is 31.2 Å². The zero-order chi connectivity index (χ0) is 22.7. The van der Waals surface area contributed by atoms with E-state index in [4.69, 9.17) is 14.2 Å². The van der Waals surface area contributed by atoms with Crippen LogP contribution >= 0.6 is 0 Å². The Kier molecular flexibility index (Phi) is 6.11. The molecule has 0 N–H and O–H groups in total. The predicted octanol–water partition coefficient (Wildman–Crippen LogP) is 2.33. The first kappa shape index (κ1) is 21.4. The fraction of sp³-hybridized carbons (Fsp3) is 0.364. The number of carbonyl (C=O) groups excluding carboxylic acids is 2. The van der Waals surface area contributed by atoms with Crippen LogP contribution in [0.15, 0.2) is 36.5 Å². The molecule has 2 amide bonds. The minimum atomic E-state index is -0.351. The molecular weight excluding hydrogens is 414 g/mol. The minimum Gasteiger partial charge on any atom is -0.493 e. The van der Waals surface area contributed by atoms with Gasteiger partial charge in [-0.15, -0.1) is 0 Å². The number of nitrogens with zero attached hydrogens (tertiary/aromatic N) is 5. The van der Waals surface area contributed by atoms with Gasteiger partial charge in [0.25, 0.3) is 5.91 Å². The highest BCUT2D eigenvalue weighted by Gasteiger charge is 2.27. The lowest BCUT2D eigenvalue weighted by atomic mass is 10.1. The number of amides is 2. The number of hydrogen-bond acceptors (Lipinski definition) is 7. The van der Waals surface area contributed by atoms with Crippen LogP contribution < -0.4 is 9.47 Å². The topological polar surface area (TPSA) is 98.5 Å². The maximum absolute atomic E-state index is 13.1. The molecule has 10 nitrogen and oxygen atoms in total. The molecule has 3 aromatic rings. The van der Waals surface area contributed by atoms with E-state index < -0.39 is 0 Å². The van der Waals surface area contributed by atoms with Gasteiger partial charge in [-0.1, -0.05) is 0 Å². The van der Waals surface area contributed by atoms with Gasteiger partial charge in [0.05, 0.1) is 26.5 Å². The molecule has 0 aliphatic carbocycles. The van der Waals surface area contributed by atoms with Crippen LogP contribution in [-0.4, -0.2) is 83.4 Å². The molecule has 0 unspecified atom stereocenters. The Bertz CT molecular complexity index is 1140. The van der Waals surface area contributed by atoms with Crippen molar-refractivity contribution in [2.45, 2.75) is 6.92 Å². The molecular formula is C22H25N5O5. The normalized spacial score (nSPS) is 13.8. The molecule has 168 valence electrons. The molecule has 3 heterocycles. The monoisotopic (exact) mass is 439 g/mol. The van der Waals surface area contributed by atoms with Gasteiger partial charge in [-0.2, -0.15) is 5.10 Å². The van der Waals surface area contributed by atoms with Crippen molar-refractivity contribution in [2.24, 2.45) is 0 Å². The molecule has 0 saturated carbocycles. The van der Waals surface area contributed by atoms with E-state index >= 15 is 0 Å². The summed E-state index contributed by atoms with van der Waals surface area (Å²) in [5, 5.41) is 4.53. The molecule has 0 atom stereocenters. The molecule has 4 rings (SSSR count). The second-order valence-electron chi connectivity index (χ2n) is 7.18. The van der Waals surface area contributed by atoms with Crippen LogP contribution in [0.25, 0.3) is 16.9 Å². The van der Waals surface area contributed by atoms with Gasteiger partial charge in [-0.25, -0.2) is 14.3 Å². The Labute approximate surface area is 185 Å². The van der Waals surface area contributed by atoms with Gasteiger partial charge in [0.15, 0.2) is 22.8 Å². The fourth-order valence-electron chi connectivity index (χ4n) is 3.68. The molecule has 1 aromatic carbocycles. The van der Waals surface area contributed by atoms with Crippen molar-refractivity contribution in [3.63, 3.8) is 0 Å². The number of carbonyl (C=O) groups is 2. The maximum Gasteiger partial charge on any atom is 0.409 e. The molecule has 32 heavy (non-hydrogen) atoms. The number of ether oxygens (including phenoxy) is 3. The van der Waals surface area contributed by atoms with Crippen molar-refractivity contribution in [3.8, 4) is 22.8 Å². The summed E-state index contributed by atoms with van der Waals surface area (Å²) in [6.07, 6.45) is 1.33. The Morgan fingerprint density at radius 1 is 0.969 bits per heavy atom. The van der Waals surface area contributed by atoms with Crippen LogP contribution in [0.2, 0.25) is 0 Å². The first-order valence-electron chi connectivity index (χ1n) is 10.3. The van der Waals surface area contributed by atoms with Crippen molar-refractivity contribution >= 4 is 17.6 Å². The largest absolute Gasteiger partial charge is 0.493 e. The summed E-state index contributed by atoms with van der Waals surface area (Å²) in [4.78, 5) is 32.6. The lowest BCUT2D eigenvalue weighted by Gasteiger charge is -2.33. The quantitative estimate of drug-likeness (QED) is 0.602. The molecule has 1 saturated heterocycles. The highest BCUT2D eigenvalue weighted by molar-refractivity contribution is 5.93. The van der Waals surface area contributed by atoms with Gasteiger partial charge in [-0.3, -0.25) is 4.79 Å². The van der Waals surface area contributed by atoms with E-state index in [1.807, 2.05) is 24.3 Å². The van der Waals surface area contributed by atoms with E-state index in [1.165, 1.54) is 0 Å². The van der Waals surface area contributed by atoms with Crippen LogP contribution in [0.4, 0.5) is 4.79 Å². The molecule has 10 heteroatoms. The maximum atomic E-state index is 13.1. The van der Waals surface area contributed by atoms with Gasteiger partial charge in [0.2, 0.25) is 0 Å². The standard InChI is InChI=1S/C22H25N5O5/c1-4-32-22(29)26-11-9-25(10-12-26)21(28)16-14-20-23-8-7-17(27(20)24-16)15-5-6-18(30-2)19(13-15)31-3/h5-8,13-14H,4,9-12H2,1-3H3. The van der Waals surface area contributed by atoms with Gasteiger partial charge < -0.3 is 24.0 Å². The average Bonchev–Trinajstić information content (AvgIpc) is 3.28.